The standard InChI is InChI=1S/C13H13N5O4S/c1-17-7-6-14-13(17)23-8-11(19)15-16-12(20)9-2-4-10(5-3-9)18(21)22/h2-7H,8H2,1H3,(H,15,19)(H,16,20). The van der Waals surface area contributed by atoms with Crippen LogP contribution in [0.25, 0.3) is 0 Å². The Kier molecular flexibility index (Phi) is 5.31. The Bertz CT molecular complexity index is 728. The average Bonchev–Trinajstić information content (AvgIpc) is 2.95. The van der Waals surface area contributed by atoms with Crippen molar-refractivity contribution in [2.24, 2.45) is 7.05 Å². The summed E-state index contributed by atoms with van der Waals surface area (Å²) in [6.45, 7) is 0. The van der Waals surface area contributed by atoms with Crippen LogP contribution in [0.5, 0.6) is 0 Å². The molecule has 0 atom stereocenters. The number of non-ortho nitro benzene ring substituents is 1. The normalized spacial score (nSPS) is 10.1. The number of imidazole rings is 1. The van der Waals surface area contributed by atoms with E-state index in [1.807, 2.05) is 7.05 Å². The van der Waals surface area contributed by atoms with E-state index >= 15 is 0 Å². The third-order valence-electron chi connectivity index (χ3n) is 2.77. The zero-order valence-electron chi connectivity index (χ0n) is 12.1. The highest BCUT2D eigenvalue weighted by Gasteiger charge is 2.11. The van der Waals surface area contributed by atoms with Gasteiger partial charge < -0.3 is 4.57 Å². The van der Waals surface area contributed by atoms with Crippen LogP contribution in [0.4, 0.5) is 5.69 Å². The van der Waals surface area contributed by atoms with Gasteiger partial charge >= 0.3 is 0 Å². The summed E-state index contributed by atoms with van der Waals surface area (Å²) in [7, 11) is 1.81. The highest BCUT2D eigenvalue weighted by molar-refractivity contribution is 7.99. The van der Waals surface area contributed by atoms with Gasteiger partial charge in [-0.25, -0.2) is 4.98 Å². The Balaban J connectivity index is 1.80. The van der Waals surface area contributed by atoms with Crippen molar-refractivity contribution in [2.45, 2.75) is 5.16 Å². The van der Waals surface area contributed by atoms with Crippen molar-refractivity contribution in [1.29, 1.82) is 0 Å². The van der Waals surface area contributed by atoms with Gasteiger partial charge in [0.1, 0.15) is 0 Å². The highest BCUT2D eigenvalue weighted by Crippen LogP contribution is 2.13. The number of hydrogen-bond acceptors (Lipinski definition) is 6. The van der Waals surface area contributed by atoms with Crippen molar-refractivity contribution in [1.82, 2.24) is 20.4 Å². The maximum Gasteiger partial charge on any atom is 0.269 e. The molecular formula is C13H13N5O4S. The summed E-state index contributed by atoms with van der Waals surface area (Å²) in [6, 6.07) is 5.05. The van der Waals surface area contributed by atoms with E-state index in [1.165, 1.54) is 36.0 Å². The molecule has 2 aromatic rings. The minimum Gasteiger partial charge on any atom is -0.329 e. The molecule has 0 unspecified atom stereocenters. The Hall–Kier alpha value is -2.88. The molecule has 1 aromatic carbocycles. The maximum atomic E-state index is 11.8. The summed E-state index contributed by atoms with van der Waals surface area (Å²) < 4.78 is 1.77. The fourth-order valence-corrected chi connectivity index (χ4v) is 2.32. The van der Waals surface area contributed by atoms with Gasteiger partial charge in [0.15, 0.2) is 5.16 Å². The van der Waals surface area contributed by atoms with E-state index in [0.29, 0.717) is 5.16 Å². The van der Waals surface area contributed by atoms with Crippen LogP contribution in [-0.2, 0) is 11.8 Å². The van der Waals surface area contributed by atoms with E-state index < -0.39 is 16.7 Å². The van der Waals surface area contributed by atoms with E-state index in [-0.39, 0.29) is 17.0 Å². The number of hydrazine groups is 1. The first-order valence-electron chi connectivity index (χ1n) is 6.41. The van der Waals surface area contributed by atoms with Crippen LogP contribution in [0.3, 0.4) is 0 Å². The number of aryl methyl sites for hydroxylation is 1. The fraction of sp³-hybridized carbons (Fsp3) is 0.154. The molecule has 9 nitrogen and oxygen atoms in total. The molecule has 0 radical (unpaired) electrons. The van der Waals surface area contributed by atoms with Crippen LogP contribution in [0.2, 0.25) is 0 Å². The molecule has 1 aromatic heterocycles. The number of benzene rings is 1. The second-order valence-electron chi connectivity index (χ2n) is 4.42. The highest BCUT2D eigenvalue weighted by atomic mass is 32.2. The Labute approximate surface area is 135 Å². The second kappa shape index (κ2) is 7.40. The SMILES string of the molecule is Cn1ccnc1SCC(=O)NNC(=O)c1ccc([N+](=O)[O-])cc1. The molecule has 120 valence electrons. The lowest BCUT2D eigenvalue weighted by Gasteiger charge is -2.07. The van der Waals surface area contributed by atoms with Crippen LogP contribution in [-0.4, -0.2) is 32.0 Å². The van der Waals surface area contributed by atoms with E-state index in [9.17, 15) is 19.7 Å². The van der Waals surface area contributed by atoms with Crippen molar-refractivity contribution in [3.8, 4) is 0 Å². The summed E-state index contributed by atoms with van der Waals surface area (Å²) in [4.78, 5) is 37.5. The smallest absolute Gasteiger partial charge is 0.269 e. The monoisotopic (exact) mass is 335 g/mol. The molecule has 0 aliphatic carbocycles. The molecule has 0 bridgehead atoms. The predicted molar refractivity (Wildman–Crippen MR) is 82.6 cm³/mol. The molecule has 2 amide bonds. The number of amides is 2. The Morgan fingerprint density at radius 3 is 2.57 bits per heavy atom. The zero-order chi connectivity index (χ0) is 16.8. The number of carbonyl (C=O) groups is 2. The number of nitrogens with zero attached hydrogens (tertiary/aromatic N) is 3. The molecular weight excluding hydrogens is 322 g/mol. The average molecular weight is 335 g/mol. The first-order valence-corrected chi connectivity index (χ1v) is 7.39. The van der Waals surface area contributed by atoms with Crippen molar-refractivity contribution in [3.05, 3.63) is 52.3 Å². The van der Waals surface area contributed by atoms with Crippen LogP contribution >= 0.6 is 11.8 Å². The van der Waals surface area contributed by atoms with Crippen molar-refractivity contribution < 1.29 is 14.5 Å². The number of carbonyl (C=O) groups excluding carboxylic acids is 2. The number of nitrogens with one attached hydrogen (secondary N) is 2. The summed E-state index contributed by atoms with van der Waals surface area (Å²) in [5.74, 6) is -0.866. The number of rotatable bonds is 5. The second-order valence-corrected chi connectivity index (χ2v) is 5.36. The third kappa shape index (κ3) is 4.54. The molecule has 2 rings (SSSR count). The number of hydrogen-bond donors (Lipinski definition) is 2. The minimum absolute atomic E-state index is 0.0887. The van der Waals surface area contributed by atoms with E-state index in [0.717, 1.165) is 0 Å². The number of nitro groups is 1. The van der Waals surface area contributed by atoms with Gasteiger partial charge in [0, 0.05) is 37.1 Å². The van der Waals surface area contributed by atoms with Crippen LogP contribution in [0, 0.1) is 10.1 Å². The molecule has 0 saturated heterocycles. The molecule has 0 fully saturated rings. The topological polar surface area (TPSA) is 119 Å². The molecule has 0 saturated carbocycles. The Morgan fingerprint density at radius 1 is 1.30 bits per heavy atom. The summed E-state index contributed by atoms with van der Waals surface area (Å²) in [5, 5.41) is 11.2. The number of nitro benzene ring substituents is 1. The van der Waals surface area contributed by atoms with Crippen molar-refractivity contribution in [2.75, 3.05) is 5.75 Å². The molecule has 0 aliphatic heterocycles. The van der Waals surface area contributed by atoms with Crippen molar-refractivity contribution >= 4 is 29.3 Å². The molecule has 2 N–H and O–H groups in total. The maximum absolute atomic E-state index is 11.8. The number of thioether (sulfide) groups is 1. The van der Waals surface area contributed by atoms with Gasteiger partial charge in [0.2, 0.25) is 5.91 Å². The summed E-state index contributed by atoms with van der Waals surface area (Å²) in [6.07, 6.45) is 3.38. The predicted octanol–water partition coefficient (Wildman–Crippen LogP) is 0.882. The quantitative estimate of drug-likeness (QED) is 0.475. The minimum atomic E-state index is -0.560. The lowest BCUT2D eigenvalue weighted by atomic mass is 10.2. The van der Waals surface area contributed by atoms with Crippen LogP contribution in [0.1, 0.15) is 10.4 Å². The molecule has 23 heavy (non-hydrogen) atoms. The van der Waals surface area contributed by atoms with Crippen LogP contribution in [0.15, 0.2) is 41.8 Å². The van der Waals surface area contributed by atoms with Gasteiger partial charge in [-0.05, 0) is 12.1 Å². The zero-order valence-corrected chi connectivity index (χ0v) is 12.9. The van der Waals surface area contributed by atoms with Gasteiger partial charge in [-0.3, -0.25) is 30.6 Å². The lowest BCUT2D eigenvalue weighted by molar-refractivity contribution is -0.384. The lowest BCUT2D eigenvalue weighted by Crippen LogP contribution is -2.42. The molecule has 0 spiro atoms. The van der Waals surface area contributed by atoms with Gasteiger partial charge in [0.25, 0.3) is 11.6 Å². The summed E-state index contributed by atoms with van der Waals surface area (Å²) in [5.41, 5.74) is 4.60. The fourth-order valence-electron chi connectivity index (χ4n) is 1.59. The van der Waals surface area contributed by atoms with Gasteiger partial charge in [0.05, 0.1) is 10.7 Å². The third-order valence-corrected chi connectivity index (χ3v) is 3.82. The van der Waals surface area contributed by atoms with Gasteiger partial charge in [-0.1, -0.05) is 11.8 Å². The van der Waals surface area contributed by atoms with Crippen LogP contribution < -0.4 is 10.9 Å². The molecule has 0 aliphatic rings. The van der Waals surface area contributed by atoms with Gasteiger partial charge in [-0.15, -0.1) is 0 Å². The first-order chi connectivity index (χ1) is 11.0. The first kappa shape index (κ1) is 16.5. The Morgan fingerprint density at radius 2 is 2.00 bits per heavy atom. The number of aromatic nitrogens is 2. The summed E-state index contributed by atoms with van der Waals surface area (Å²) >= 11 is 1.23. The van der Waals surface area contributed by atoms with E-state index in [4.69, 9.17) is 0 Å². The molecule has 10 heteroatoms. The van der Waals surface area contributed by atoms with E-state index in [1.54, 1.807) is 17.0 Å². The van der Waals surface area contributed by atoms with Crippen molar-refractivity contribution in [3.63, 3.8) is 0 Å². The molecule has 1 heterocycles. The van der Waals surface area contributed by atoms with E-state index in [2.05, 4.69) is 15.8 Å². The largest absolute Gasteiger partial charge is 0.329 e. The van der Waals surface area contributed by atoms with Gasteiger partial charge in [-0.2, -0.15) is 0 Å².